The quantitative estimate of drug-likeness (QED) is 0.662. The monoisotopic (exact) mass is 463 g/mol. The maximum atomic E-state index is 13.0. The molecule has 3 aliphatic rings. The van der Waals surface area contributed by atoms with Crippen molar-refractivity contribution in [3.8, 4) is 5.75 Å². The van der Waals surface area contributed by atoms with Gasteiger partial charge in [0.2, 0.25) is 11.8 Å². The molecular weight excluding hydrogens is 434 g/mol. The molecule has 0 radical (unpaired) electrons. The minimum Gasteiger partial charge on any atom is -0.489 e. The molecular formula is C26H29N3O5. The lowest BCUT2D eigenvalue weighted by molar-refractivity contribution is -0.136. The van der Waals surface area contributed by atoms with Crippen LogP contribution in [0, 0.1) is 0 Å². The Bertz CT molecular complexity index is 1080. The van der Waals surface area contributed by atoms with Crippen LogP contribution in [0.4, 0.5) is 0 Å². The average molecular weight is 464 g/mol. The Morgan fingerprint density at radius 1 is 1.00 bits per heavy atom. The smallest absolute Gasteiger partial charge is 0.255 e. The summed E-state index contributed by atoms with van der Waals surface area (Å²) >= 11 is 0. The molecule has 0 aromatic heterocycles. The molecule has 1 N–H and O–H groups in total. The third kappa shape index (κ3) is 4.83. The second-order valence-electron chi connectivity index (χ2n) is 9.03. The first-order valence-corrected chi connectivity index (χ1v) is 11.9. The Morgan fingerprint density at radius 2 is 1.82 bits per heavy atom. The maximum absolute atomic E-state index is 13.0. The second-order valence-corrected chi connectivity index (χ2v) is 9.03. The zero-order chi connectivity index (χ0) is 23.5. The van der Waals surface area contributed by atoms with Gasteiger partial charge in [0.1, 0.15) is 18.4 Å². The summed E-state index contributed by atoms with van der Waals surface area (Å²) in [5, 5.41) is 2.34. The summed E-state index contributed by atoms with van der Waals surface area (Å²) in [4.78, 5) is 40.7. The van der Waals surface area contributed by atoms with E-state index in [4.69, 9.17) is 9.47 Å². The fourth-order valence-corrected chi connectivity index (χ4v) is 4.81. The van der Waals surface area contributed by atoms with Gasteiger partial charge < -0.3 is 14.4 Å². The minimum absolute atomic E-state index is 0.196. The molecule has 3 heterocycles. The van der Waals surface area contributed by atoms with E-state index in [-0.39, 0.29) is 18.2 Å². The zero-order valence-electron chi connectivity index (χ0n) is 19.1. The number of fused-ring (bicyclic) bond motifs is 1. The van der Waals surface area contributed by atoms with Crippen molar-refractivity contribution in [1.29, 1.82) is 0 Å². The molecule has 0 aliphatic carbocycles. The third-order valence-electron chi connectivity index (χ3n) is 6.68. The van der Waals surface area contributed by atoms with Crippen molar-refractivity contribution in [2.45, 2.75) is 45.0 Å². The van der Waals surface area contributed by atoms with Gasteiger partial charge >= 0.3 is 0 Å². The van der Waals surface area contributed by atoms with Crippen molar-refractivity contribution in [2.75, 3.05) is 26.3 Å². The van der Waals surface area contributed by atoms with E-state index in [1.807, 2.05) is 6.07 Å². The van der Waals surface area contributed by atoms with Gasteiger partial charge in [-0.05, 0) is 36.1 Å². The van der Waals surface area contributed by atoms with E-state index in [2.05, 4.69) is 34.5 Å². The minimum atomic E-state index is -0.631. The normalized spacial score (nSPS) is 21.2. The Kier molecular flexibility index (Phi) is 6.60. The van der Waals surface area contributed by atoms with E-state index in [9.17, 15) is 14.4 Å². The van der Waals surface area contributed by atoms with E-state index in [1.165, 1.54) is 5.56 Å². The molecule has 0 bridgehead atoms. The molecule has 2 fully saturated rings. The molecule has 2 aromatic rings. The molecule has 0 saturated carbocycles. The Labute approximate surface area is 198 Å². The summed E-state index contributed by atoms with van der Waals surface area (Å²) in [7, 11) is 0. The number of carbonyl (C=O) groups excluding carboxylic acids is 3. The number of piperidine rings is 1. The first-order valence-electron chi connectivity index (χ1n) is 11.9. The van der Waals surface area contributed by atoms with Gasteiger partial charge in [0, 0.05) is 43.8 Å². The molecule has 8 heteroatoms. The number of nitrogens with zero attached hydrogens (tertiary/aromatic N) is 2. The molecule has 34 heavy (non-hydrogen) atoms. The highest BCUT2D eigenvalue weighted by Gasteiger charge is 2.40. The van der Waals surface area contributed by atoms with Gasteiger partial charge in [-0.3, -0.25) is 24.6 Å². The standard InChI is InChI=1S/C26H29N3O5/c30-24-10-9-22(25(31)27-24)29-16-21-20(26(29)32)3-1-4-23(21)34-17-19-7-5-18(6-8-19)15-28-11-2-13-33-14-12-28/h1,3-8,22H,2,9-17H2,(H,27,30,31). The average Bonchev–Trinajstić information content (AvgIpc) is 2.99. The van der Waals surface area contributed by atoms with Crippen LogP contribution in [0.1, 0.15) is 46.3 Å². The number of rotatable bonds is 6. The van der Waals surface area contributed by atoms with Crippen molar-refractivity contribution in [3.63, 3.8) is 0 Å². The molecule has 2 aromatic carbocycles. The highest BCUT2D eigenvalue weighted by Crippen LogP contribution is 2.34. The van der Waals surface area contributed by atoms with E-state index in [0.29, 0.717) is 30.9 Å². The zero-order valence-corrected chi connectivity index (χ0v) is 19.1. The summed E-state index contributed by atoms with van der Waals surface area (Å²) in [5.74, 6) is -0.249. The van der Waals surface area contributed by atoms with Gasteiger partial charge in [0.25, 0.3) is 5.91 Å². The second kappa shape index (κ2) is 9.95. The van der Waals surface area contributed by atoms with Crippen LogP contribution >= 0.6 is 0 Å². The van der Waals surface area contributed by atoms with Crippen LogP contribution in [0.5, 0.6) is 5.75 Å². The Morgan fingerprint density at radius 3 is 2.65 bits per heavy atom. The first-order chi connectivity index (χ1) is 16.6. The fraction of sp³-hybridized carbons (Fsp3) is 0.423. The summed E-state index contributed by atoms with van der Waals surface area (Å²) < 4.78 is 11.6. The van der Waals surface area contributed by atoms with Crippen molar-refractivity contribution in [1.82, 2.24) is 15.1 Å². The fourth-order valence-electron chi connectivity index (χ4n) is 4.81. The molecule has 178 valence electrons. The van der Waals surface area contributed by atoms with Gasteiger partial charge in [-0.1, -0.05) is 30.3 Å². The van der Waals surface area contributed by atoms with Crippen LogP contribution in [0.2, 0.25) is 0 Å². The summed E-state index contributed by atoms with van der Waals surface area (Å²) in [6.45, 7) is 5.24. The van der Waals surface area contributed by atoms with Gasteiger partial charge in [-0.25, -0.2) is 0 Å². The number of imide groups is 1. The van der Waals surface area contributed by atoms with Crippen LogP contribution in [-0.2, 0) is 34.0 Å². The molecule has 8 nitrogen and oxygen atoms in total. The van der Waals surface area contributed by atoms with Crippen LogP contribution in [-0.4, -0.2) is 59.9 Å². The topological polar surface area (TPSA) is 88.2 Å². The number of amides is 3. The Hall–Kier alpha value is -3.23. The van der Waals surface area contributed by atoms with Gasteiger partial charge in [-0.2, -0.15) is 0 Å². The van der Waals surface area contributed by atoms with Crippen LogP contribution in [0.25, 0.3) is 0 Å². The summed E-state index contributed by atoms with van der Waals surface area (Å²) in [6, 6.07) is 13.2. The number of nitrogens with one attached hydrogen (secondary N) is 1. The number of benzene rings is 2. The molecule has 0 spiro atoms. The lowest BCUT2D eigenvalue weighted by Crippen LogP contribution is -2.52. The van der Waals surface area contributed by atoms with Crippen LogP contribution in [0.15, 0.2) is 42.5 Å². The SMILES string of the molecule is O=C1CCC(N2Cc3c(OCc4ccc(CN5CCCOCC5)cc4)cccc3C2=O)C(=O)N1. The molecule has 1 unspecified atom stereocenters. The molecule has 5 rings (SSSR count). The predicted molar refractivity (Wildman–Crippen MR) is 124 cm³/mol. The van der Waals surface area contributed by atoms with Gasteiger partial charge in [0.15, 0.2) is 0 Å². The van der Waals surface area contributed by atoms with Crippen LogP contribution in [0.3, 0.4) is 0 Å². The summed E-state index contributed by atoms with van der Waals surface area (Å²) in [5.41, 5.74) is 3.65. The lowest BCUT2D eigenvalue weighted by Gasteiger charge is -2.29. The van der Waals surface area contributed by atoms with E-state index in [0.717, 1.165) is 50.4 Å². The van der Waals surface area contributed by atoms with E-state index < -0.39 is 11.9 Å². The summed E-state index contributed by atoms with van der Waals surface area (Å²) in [6.07, 6.45) is 1.65. The van der Waals surface area contributed by atoms with Crippen molar-refractivity contribution in [3.05, 3.63) is 64.7 Å². The van der Waals surface area contributed by atoms with Gasteiger partial charge in [0.05, 0.1) is 13.2 Å². The largest absolute Gasteiger partial charge is 0.489 e. The molecule has 3 aliphatic heterocycles. The Balaban J connectivity index is 1.22. The number of ether oxygens (including phenoxy) is 2. The lowest BCUT2D eigenvalue weighted by atomic mass is 10.0. The third-order valence-corrected chi connectivity index (χ3v) is 6.68. The van der Waals surface area contributed by atoms with Crippen molar-refractivity contribution in [2.24, 2.45) is 0 Å². The molecule has 3 amide bonds. The number of hydrogen-bond donors (Lipinski definition) is 1. The van der Waals surface area contributed by atoms with E-state index in [1.54, 1.807) is 17.0 Å². The van der Waals surface area contributed by atoms with Crippen LogP contribution < -0.4 is 10.1 Å². The maximum Gasteiger partial charge on any atom is 0.255 e. The molecule has 2 saturated heterocycles. The highest BCUT2D eigenvalue weighted by atomic mass is 16.5. The predicted octanol–water partition coefficient (Wildman–Crippen LogP) is 2.25. The number of hydrogen-bond acceptors (Lipinski definition) is 6. The molecule has 1 atom stereocenters. The van der Waals surface area contributed by atoms with Crippen molar-refractivity contribution < 1.29 is 23.9 Å². The number of carbonyl (C=O) groups is 3. The van der Waals surface area contributed by atoms with Crippen molar-refractivity contribution >= 4 is 17.7 Å². The first kappa shape index (κ1) is 22.6. The van der Waals surface area contributed by atoms with Gasteiger partial charge in [-0.15, -0.1) is 0 Å². The highest BCUT2D eigenvalue weighted by molar-refractivity contribution is 6.05. The van der Waals surface area contributed by atoms with E-state index >= 15 is 0 Å².